The number of rotatable bonds is 9. The van der Waals surface area contributed by atoms with Crippen molar-refractivity contribution in [3.8, 4) is 34.2 Å². The second-order valence-electron chi connectivity index (χ2n) is 6.94. The lowest BCUT2D eigenvalue weighted by Gasteiger charge is -2.11. The van der Waals surface area contributed by atoms with Gasteiger partial charge < -0.3 is 14.2 Å². The van der Waals surface area contributed by atoms with Crippen LogP contribution in [-0.2, 0) is 16.1 Å². The number of methoxy groups -OCH3 is 2. The summed E-state index contributed by atoms with van der Waals surface area (Å²) in [6, 6.07) is 11.8. The van der Waals surface area contributed by atoms with Crippen molar-refractivity contribution >= 4 is 11.6 Å². The maximum absolute atomic E-state index is 13.5. The van der Waals surface area contributed by atoms with E-state index in [-0.39, 0.29) is 11.6 Å². The number of pyridine rings is 2. The first-order valence-electron chi connectivity index (χ1n) is 10.0. The zero-order chi connectivity index (χ0) is 23.2. The third-order valence-corrected chi connectivity index (χ3v) is 5.11. The smallest absolute Gasteiger partial charge is 0.213 e. The molecular formula is C23H21ClFN5O3. The second-order valence-corrected chi connectivity index (χ2v) is 7.35. The molecule has 0 amide bonds. The summed E-state index contributed by atoms with van der Waals surface area (Å²) in [6.45, 7) is 1.14. The number of hydrogen-bond donors (Lipinski definition) is 0. The minimum absolute atomic E-state index is 0.0447. The van der Waals surface area contributed by atoms with Crippen LogP contribution in [-0.4, -0.2) is 52.2 Å². The molecule has 0 saturated carbocycles. The Balaban J connectivity index is 1.68. The number of nitrogens with zero attached hydrogens (tertiary/aromatic N) is 5. The molecule has 0 atom stereocenters. The third-order valence-electron chi connectivity index (χ3n) is 4.82. The standard InChI is InChI=1S/C23H21ClFN5O3/c1-31-9-10-33-14-21-28-29-23(30(21)17-5-8-22(32-2)27-13-17)16-4-7-20(26-12-16)15-3-6-19(25)18(24)11-15/h3-8,11-13H,9-10,14H2,1-2H3. The van der Waals surface area contributed by atoms with Crippen LogP contribution >= 0.6 is 11.6 Å². The molecule has 0 unspecified atom stereocenters. The van der Waals surface area contributed by atoms with Crippen LogP contribution in [0.25, 0.3) is 28.3 Å². The maximum atomic E-state index is 13.5. The van der Waals surface area contributed by atoms with Crippen molar-refractivity contribution in [2.45, 2.75) is 6.61 Å². The molecule has 4 aromatic rings. The van der Waals surface area contributed by atoms with E-state index >= 15 is 0 Å². The van der Waals surface area contributed by atoms with Crippen molar-refractivity contribution in [3.63, 3.8) is 0 Å². The molecule has 0 aliphatic rings. The normalized spacial score (nSPS) is 11.0. The van der Waals surface area contributed by atoms with Gasteiger partial charge in [0.15, 0.2) is 11.6 Å². The highest BCUT2D eigenvalue weighted by atomic mass is 35.5. The average molecular weight is 470 g/mol. The summed E-state index contributed by atoms with van der Waals surface area (Å²) in [6.07, 6.45) is 3.35. The summed E-state index contributed by atoms with van der Waals surface area (Å²) in [7, 11) is 3.17. The monoisotopic (exact) mass is 469 g/mol. The van der Waals surface area contributed by atoms with Crippen LogP contribution in [0.15, 0.2) is 54.9 Å². The Bertz CT molecular complexity index is 1220. The SMILES string of the molecule is COCCOCc1nnc(-c2ccc(-c3ccc(F)c(Cl)c3)nc2)n1-c1ccc(OC)nc1. The van der Waals surface area contributed by atoms with E-state index in [4.69, 9.17) is 25.8 Å². The van der Waals surface area contributed by atoms with Gasteiger partial charge in [-0.15, -0.1) is 10.2 Å². The number of benzene rings is 1. The van der Waals surface area contributed by atoms with Gasteiger partial charge in [0.25, 0.3) is 0 Å². The summed E-state index contributed by atoms with van der Waals surface area (Å²) < 4.78 is 31.2. The van der Waals surface area contributed by atoms with E-state index in [1.54, 1.807) is 44.8 Å². The van der Waals surface area contributed by atoms with Crippen LogP contribution in [0, 0.1) is 5.82 Å². The van der Waals surface area contributed by atoms with Crippen LogP contribution in [0.4, 0.5) is 4.39 Å². The van der Waals surface area contributed by atoms with Gasteiger partial charge in [-0.3, -0.25) is 9.55 Å². The van der Waals surface area contributed by atoms with Crippen molar-refractivity contribution in [1.29, 1.82) is 0 Å². The largest absolute Gasteiger partial charge is 0.481 e. The first-order chi connectivity index (χ1) is 16.1. The summed E-state index contributed by atoms with van der Waals surface area (Å²) in [4.78, 5) is 8.80. The van der Waals surface area contributed by atoms with Crippen LogP contribution in [0.3, 0.4) is 0 Å². The second kappa shape index (κ2) is 10.5. The Labute approximate surface area is 195 Å². The molecule has 3 aromatic heterocycles. The maximum Gasteiger partial charge on any atom is 0.213 e. The van der Waals surface area contributed by atoms with Crippen molar-refractivity contribution < 1.29 is 18.6 Å². The van der Waals surface area contributed by atoms with Crippen molar-refractivity contribution in [2.75, 3.05) is 27.4 Å². The van der Waals surface area contributed by atoms with Gasteiger partial charge in [-0.05, 0) is 36.4 Å². The minimum Gasteiger partial charge on any atom is -0.481 e. The highest BCUT2D eigenvalue weighted by Gasteiger charge is 2.17. The lowest BCUT2D eigenvalue weighted by molar-refractivity contribution is 0.0580. The Morgan fingerprint density at radius 3 is 2.45 bits per heavy atom. The molecule has 0 N–H and O–H groups in total. The molecule has 33 heavy (non-hydrogen) atoms. The summed E-state index contributed by atoms with van der Waals surface area (Å²) >= 11 is 5.91. The van der Waals surface area contributed by atoms with E-state index < -0.39 is 5.82 Å². The molecular weight excluding hydrogens is 449 g/mol. The Morgan fingerprint density at radius 2 is 1.79 bits per heavy atom. The fraction of sp³-hybridized carbons (Fsp3) is 0.217. The van der Waals surface area contributed by atoms with Crippen LogP contribution in [0.5, 0.6) is 5.88 Å². The van der Waals surface area contributed by atoms with E-state index in [1.165, 1.54) is 6.07 Å². The van der Waals surface area contributed by atoms with Crippen molar-refractivity contribution in [1.82, 2.24) is 24.7 Å². The highest BCUT2D eigenvalue weighted by molar-refractivity contribution is 6.31. The molecule has 0 fully saturated rings. The van der Waals surface area contributed by atoms with Gasteiger partial charge in [0.2, 0.25) is 5.88 Å². The first kappa shape index (κ1) is 22.8. The fourth-order valence-electron chi connectivity index (χ4n) is 3.15. The third kappa shape index (κ3) is 5.16. The number of ether oxygens (including phenoxy) is 3. The molecule has 8 nitrogen and oxygen atoms in total. The van der Waals surface area contributed by atoms with E-state index in [2.05, 4.69) is 20.2 Å². The van der Waals surface area contributed by atoms with Gasteiger partial charge in [0.05, 0.1) is 42.9 Å². The van der Waals surface area contributed by atoms with E-state index in [0.29, 0.717) is 42.0 Å². The lowest BCUT2D eigenvalue weighted by atomic mass is 10.1. The number of aromatic nitrogens is 5. The zero-order valence-corrected chi connectivity index (χ0v) is 18.8. The molecule has 0 radical (unpaired) electrons. The highest BCUT2D eigenvalue weighted by Crippen LogP contribution is 2.27. The Morgan fingerprint density at radius 1 is 0.939 bits per heavy atom. The molecule has 0 saturated heterocycles. The van der Waals surface area contributed by atoms with Gasteiger partial charge in [-0.1, -0.05) is 11.6 Å². The fourth-order valence-corrected chi connectivity index (χ4v) is 3.33. The molecule has 1 aromatic carbocycles. The average Bonchev–Trinajstić information content (AvgIpc) is 3.27. The van der Waals surface area contributed by atoms with E-state index in [0.717, 1.165) is 11.3 Å². The molecule has 0 bridgehead atoms. The molecule has 10 heteroatoms. The van der Waals surface area contributed by atoms with Crippen molar-refractivity contribution in [3.05, 3.63) is 71.5 Å². The van der Waals surface area contributed by atoms with E-state index in [1.807, 2.05) is 22.8 Å². The summed E-state index contributed by atoms with van der Waals surface area (Å²) in [5.41, 5.74) is 2.84. The molecule has 3 heterocycles. The van der Waals surface area contributed by atoms with Crippen LogP contribution in [0.1, 0.15) is 5.82 Å². The van der Waals surface area contributed by atoms with Crippen LogP contribution < -0.4 is 4.74 Å². The number of halogens is 2. The van der Waals surface area contributed by atoms with Crippen molar-refractivity contribution in [2.24, 2.45) is 0 Å². The van der Waals surface area contributed by atoms with Gasteiger partial charge in [0, 0.05) is 30.5 Å². The van der Waals surface area contributed by atoms with Gasteiger partial charge in [-0.2, -0.15) is 0 Å². The van der Waals surface area contributed by atoms with Gasteiger partial charge in [0.1, 0.15) is 12.4 Å². The Hall–Kier alpha value is -3.40. The molecule has 4 rings (SSSR count). The Kier molecular flexibility index (Phi) is 7.23. The van der Waals surface area contributed by atoms with Gasteiger partial charge >= 0.3 is 0 Å². The minimum atomic E-state index is -0.474. The molecule has 0 aliphatic carbocycles. The number of hydrogen-bond acceptors (Lipinski definition) is 7. The predicted octanol–water partition coefficient (Wildman–Crippen LogP) is 4.36. The predicted molar refractivity (Wildman–Crippen MR) is 121 cm³/mol. The summed E-state index contributed by atoms with van der Waals surface area (Å²) in [5.74, 6) is 1.19. The lowest BCUT2D eigenvalue weighted by Crippen LogP contribution is -2.08. The molecule has 0 aliphatic heterocycles. The molecule has 170 valence electrons. The van der Waals surface area contributed by atoms with Crippen LogP contribution in [0.2, 0.25) is 5.02 Å². The quantitative estimate of drug-likeness (QED) is 0.337. The zero-order valence-electron chi connectivity index (χ0n) is 18.0. The van der Waals surface area contributed by atoms with Gasteiger partial charge in [-0.25, -0.2) is 9.37 Å². The molecule has 0 spiro atoms. The first-order valence-corrected chi connectivity index (χ1v) is 10.4. The topological polar surface area (TPSA) is 84.2 Å². The summed E-state index contributed by atoms with van der Waals surface area (Å²) in [5, 5.41) is 8.72. The van der Waals surface area contributed by atoms with E-state index in [9.17, 15) is 4.39 Å².